The first-order valence-electron chi connectivity index (χ1n) is 7.78. The van der Waals surface area contributed by atoms with Crippen LogP contribution in [0.3, 0.4) is 0 Å². The molecule has 0 radical (unpaired) electrons. The van der Waals surface area contributed by atoms with Crippen LogP contribution in [0.25, 0.3) is 0 Å². The van der Waals surface area contributed by atoms with Gasteiger partial charge in [0.1, 0.15) is 11.6 Å². The number of benzene rings is 2. The fraction of sp³-hybridized carbons (Fsp3) is 0.263. The zero-order valence-electron chi connectivity index (χ0n) is 14.3. The van der Waals surface area contributed by atoms with Gasteiger partial charge in [0.2, 0.25) is 0 Å². The molecule has 5 nitrogen and oxygen atoms in total. The lowest BCUT2D eigenvalue weighted by atomic mass is 10.1. The molecular formula is C19H20FNO4. The van der Waals surface area contributed by atoms with Gasteiger partial charge in [0.05, 0.1) is 12.7 Å². The van der Waals surface area contributed by atoms with Gasteiger partial charge >= 0.3 is 5.97 Å². The first kappa shape index (κ1) is 18.4. The summed E-state index contributed by atoms with van der Waals surface area (Å²) in [5.74, 6) is -0.812. The molecule has 25 heavy (non-hydrogen) atoms. The number of methoxy groups -OCH3 is 1. The molecule has 0 saturated carbocycles. The Morgan fingerprint density at radius 1 is 1.16 bits per heavy atom. The molecule has 0 saturated heterocycles. The van der Waals surface area contributed by atoms with E-state index in [1.165, 1.54) is 26.2 Å². The minimum absolute atomic E-state index is 0.222. The van der Waals surface area contributed by atoms with Gasteiger partial charge in [-0.15, -0.1) is 0 Å². The summed E-state index contributed by atoms with van der Waals surface area (Å²) in [4.78, 5) is 24.2. The van der Waals surface area contributed by atoms with Crippen LogP contribution in [0.15, 0.2) is 42.5 Å². The van der Waals surface area contributed by atoms with Gasteiger partial charge in [-0.1, -0.05) is 18.2 Å². The normalized spacial score (nSPS) is 11.5. The Hall–Kier alpha value is -2.89. The van der Waals surface area contributed by atoms with Gasteiger partial charge in [-0.25, -0.2) is 9.18 Å². The fourth-order valence-electron chi connectivity index (χ4n) is 2.16. The Balaban J connectivity index is 1.91. The highest BCUT2D eigenvalue weighted by Crippen LogP contribution is 2.19. The predicted octanol–water partition coefficient (Wildman–Crippen LogP) is 3.00. The van der Waals surface area contributed by atoms with Crippen LogP contribution >= 0.6 is 0 Å². The van der Waals surface area contributed by atoms with E-state index in [9.17, 15) is 14.0 Å². The van der Waals surface area contributed by atoms with Crippen molar-refractivity contribution < 1.29 is 23.5 Å². The number of carbonyl (C=O) groups excluding carboxylic acids is 2. The maximum Gasteiger partial charge on any atom is 0.339 e. The average Bonchev–Trinajstić information content (AvgIpc) is 2.61. The van der Waals surface area contributed by atoms with Gasteiger partial charge in [-0.3, -0.25) is 4.79 Å². The Morgan fingerprint density at radius 2 is 1.84 bits per heavy atom. The molecule has 0 bridgehead atoms. The number of carbonyl (C=O) groups is 2. The molecule has 132 valence electrons. The third kappa shape index (κ3) is 5.04. The second-order valence-corrected chi connectivity index (χ2v) is 5.58. The second-order valence-electron chi connectivity index (χ2n) is 5.58. The highest BCUT2D eigenvalue weighted by atomic mass is 19.1. The summed E-state index contributed by atoms with van der Waals surface area (Å²) < 4.78 is 23.2. The van der Waals surface area contributed by atoms with E-state index in [-0.39, 0.29) is 12.4 Å². The van der Waals surface area contributed by atoms with Crippen LogP contribution in [-0.4, -0.2) is 25.1 Å². The highest BCUT2D eigenvalue weighted by molar-refractivity contribution is 5.92. The minimum Gasteiger partial charge on any atom is -0.496 e. The number of ether oxygens (including phenoxy) is 2. The van der Waals surface area contributed by atoms with Crippen molar-refractivity contribution in [2.75, 3.05) is 7.11 Å². The number of amides is 1. The summed E-state index contributed by atoms with van der Waals surface area (Å²) in [5, 5.41) is 2.64. The SMILES string of the molecule is COc1cc(C(=O)O[C@@H](C)C(=O)NCc2ccc(F)cc2)ccc1C. The number of halogens is 1. The van der Waals surface area contributed by atoms with E-state index >= 15 is 0 Å². The molecule has 6 heteroatoms. The van der Waals surface area contributed by atoms with Gasteiger partial charge in [-0.05, 0) is 49.2 Å². The molecule has 0 unspecified atom stereocenters. The van der Waals surface area contributed by atoms with Crippen molar-refractivity contribution in [1.29, 1.82) is 0 Å². The van der Waals surface area contributed by atoms with Crippen LogP contribution in [0.2, 0.25) is 0 Å². The molecule has 0 aliphatic rings. The van der Waals surface area contributed by atoms with Crippen molar-refractivity contribution in [3.05, 3.63) is 65.0 Å². The van der Waals surface area contributed by atoms with Crippen LogP contribution in [0.5, 0.6) is 5.75 Å². The van der Waals surface area contributed by atoms with Crippen molar-refractivity contribution in [3.63, 3.8) is 0 Å². The van der Waals surface area contributed by atoms with Crippen molar-refractivity contribution in [2.24, 2.45) is 0 Å². The van der Waals surface area contributed by atoms with E-state index < -0.39 is 18.0 Å². The van der Waals surface area contributed by atoms with E-state index in [1.54, 1.807) is 30.3 Å². The molecule has 2 rings (SSSR count). The summed E-state index contributed by atoms with van der Waals surface area (Å²) in [7, 11) is 1.52. The van der Waals surface area contributed by atoms with Crippen LogP contribution in [0.1, 0.15) is 28.4 Å². The van der Waals surface area contributed by atoms with E-state index in [1.807, 2.05) is 6.92 Å². The number of hydrogen-bond acceptors (Lipinski definition) is 4. The molecule has 0 aromatic heterocycles. The van der Waals surface area contributed by atoms with Gasteiger partial charge in [-0.2, -0.15) is 0 Å². The molecule has 0 fully saturated rings. The lowest BCUT2D eigenvalue weighted by molar-refractivity contribution is -0.129. The predicted molar refractivity (Wildman–Crippen MR) is 90.9 cm³/mol. The van der Waals surface area contributed by atoms with E-state index in [0.29, 0.717) is 11.3 Å². The summed E-state index contributed by atoms with van der Waals surface area (Å²) in [6.07, 6.45) is -0.958. The summed E-state index contributed by atoms with van der Waals surface area (Å²) in [5.41, 5.74) is 1.95. The molecular weight excluding hydrogens is 325 g/mol. The summed E-state index contributed by atoms with van der Waals surface area (Å²) in [6.45, 7) is 3.57. The number of hydrogen-bond donors (Lipinski definition) is 1. The minimum atomic E-state index is -0.958. The quantitative estimate of drug-likeness (QED) is 0.818. The van der Waals surface area contributed by atoms with Gasteiger partial charge in [0.25, 0.3) is 5.91 Å². The molecule has 0 spiro atoms. The highest BCUT2D eigenvalue weighted by Gasteiger charge is 2.19. The fourth-order valence-corrected chi connectivity index (χ4v) is 2.16. The van der Waals surface area contributed by atoms with Crippen molar-refractivity contribution in [2.45, 2.75) is 26.5 Å². The topological polar surface area (TPSA) is 64.6 Å². The Labute approximate surface area is 145 Å². The van der Waals surface area contributed by atoms with Crippen molar-refractivity contribution >= 4 is 11.9 Å². The van der Waals surface area contributed by atoms with E-state index in [0.717, 1.165) is 11.1 Å². The molecule has 1 N–H and O–H groups in total. The third-order valence-electron chi connectivity index (χ3n) is 3.68. The first-order chi connectivity index (χ1) is 11.9. The van der Waals surface area contributed by atoms with Crippen molar-refractivity contribution in [3.8, 4) is 5.75 Å². The molecule has 2 aromatic carbocycles. The van der Waals surface area contributed by atoms with Crippen LogP contribution in [-0.2, 0) is 16.1 Å². The smallest absolute Gasteiger partial charge is 0.339 e. The summed E-state index contributed by atoms with van der Waals surface area (Å²) in [6, 6.07) is 10.7. The standard InChI is InChI=1S/C19H20FNO4/c1-12-4-7-15(10-17(12)24-3)19(23)25-13(2)18(22)21-11-14-5-8-16(20)9-6-14/h4-10,13H,11H2,1-3H3,(H,21,22)/t13-/m0/s1. The monoisotopic (exact) mass is 345 g/mol. The second kappa shape index (κ2) is 8.28. The third-order valence-corrected chi connectivity index (χ3v) is 3.68. The number of rotatable bonds is 6. The first-order valence-corrected chi connectivity index (χ1v) is 7.78. The molecule has 1 atom stereocenters. The van der Waals surface area contributed by atoms with Crippen LogP contribution in [0, 0.1) is 12.7 Å². The molecule has 1 amide bonds. The van der Waals surface area contributed by atoms with E-state index in [4.69, 9.17) is 9.47 Å². The Bertz CT molecular complexity index is 759. The van der Waals surface area contributed by atoms with Crippen LogP contribution in [0.4, 0.5) is 4.39 Å². The molecule has 0 aliphatic heterocycles. The number of esters is 1. The maximum absolute atomic E-state index is 12.8. The molecule has 0 aliphatic carbocycles. The van der Waals surface area contributed by atoms with Gasteiger partial charge in [0.15, 0.2) is 6.10 Å². The molecule has 0 heterocycles. The molecule has 2 aromatic rings. The average molecular weight is 345 g/mol. The summed E-state index contributed by atoms with van der Waals surface area (Å²) >= 11 is 0. The van der Waals surface area contributed by atoms with Gasteiger partial charge in [0, 0.05) is 6.54 Å². The van der Waals surface area contributed by atoms with Crippen LogP contribution < -0.4 is 10.1 Å². The maximum atomic E-state index is 12.8. The Morgan fingerprint density at radius 3 is 2.48 bits per heavy atom. The van der Waals surface area contributed by atoms with Crippen molar-refractivity contribution in [1.82, 2.24) is 5.32 Å². The van der Waals surface area contributed by atoms with E-state index in [2.05, 4.69) is 5.32 Å². The number of aryl methyl sites for hydroxylation is 1. The number of nitrogens with one attached hydrogen (secondary N) is 1. The largest absolute Gasteiger partial charge is 0.496 e. The zero-order chi connectivity index (χ0) is 18.4. The van der Waals surface area contributed by atoms with Gasteiger partial charge < -0.3 is 14.8 Å². The Kier molecular flexibility index (Phi) is 6.11. The lowest BCUT2D eigenvalue weighted by Crippen LogP contribution is -2.35. The zero-order valence-corrected chi connectivity index (χ0v) is 14.3. The lowest BCUT2D eigenvalue weighted by Gasteiger charge is -2.14.